The number of nitrogens with zero attached hydrogens (tertiary/aromatic N) is 2. The predicted molar refractivity (Wildman–Crippen MR) is 79.3 cm³/mol. The summed E-state index contributed by atoms with van der Waals surface area (Å²) in [5, 5.41) is 13.6. The molecule has 0 atom stereocenters. The highest BCUT2D eigenvalue weighted by atomic mass is 16.6. The zero-order chi connectivity index (χ0) is 15.1. The maximum Gasteiger partial charge on any atom is 0.269 e. The van der Waals surface area contributed by atoms with Crippen LogP contribution in [0.1, 0.15) is 11.3 Å². The second kappa shape index (κ2) is 7.35. The largest absolute Gasteiger partial charge is 0.492 e. The van der Waals surface area contributed by atoms with Gasteiger partial charge >= 0.3 is 0 Å². The van der Waals surface area contributed by atoms with Gasteiger partial charge in [0, 0.05) is 25.1 Å². The van der Waals surface area contributed by atoms with Crippen LogP contribution in [0, 0.1) is 10.1 Å². The minimum absolute atomic E-state index is 0.101. The van der Waals surface area contributed by atoms with Crippen molar-refractivity contribution < 1.29 is 9.66 Å². The maximum atomic E-state index is 10.6. The van der Waals surface area contributed by atoms with Gasteiger partial charge in [0.15, 0.2) is 0 Å². The van der Waals surface area contributed by atoms with Crippen LogP contribution < -0.4 is 10.1 Å². The number of non-ortho nitro benzene ring substituents is 1. The molecule has 0 aliphatic heterocycles. The lowest BCUT2D eigenvalue weighted by Gasteiger charge is -2.06. The molecule has 0 saturated heterocycles. The van der Waals surface area contributed by atoms with Gasteiger partial charge in [0.25, 0.3) is 5.69 Å². The summed E-state index contributed by atoms with van der Waals surface area (Å²) in [7, 11) is 1.87. The topological polar surface area (TPSA) is 77.3 Å². The van der Waals surface area contributed by atoms with E-state index >= 15 is 0 Å². The molecular weight excluding hydrogens is 270 g/mol. The molecule has 6 heteroatoms. The third kappa shape index (κ3) is 4.54. The van der Waals surface area contributed by atoms with Gasteiger partial charge in [-0.3, -0.25) is 15.1 Å². The van der Waals surface area contributed by atoms with Crippen molar-refractivity contribution in [3.63, 3.8) is 0 Å². The van der Waals surface area contributed by atoms with Gasteiger partial charge in [-0.05, 0) is 24.7 Å². The van der Waals surface area contributed by atoms with Crippen molar-refractivity contribution in [3.8, 4) is 5.75 Å². The lowest BCUT2D eigenvalue weighted by Crippen LogP contribution is -2.07. The quantitative estimate of drug-likeness (QED) is 0.624. The first-order chi connectivity index (χ1) is 10.2. The molecule has 0 amide bonds. The summed E-state index contributed by atoms with van der Waals surface area (Å²) in [6, 6.07) is 10.3. The number of benzene rings is 1. The number of hydrogen-bond donors (Lipinski definition) is 1. The van der Waals surface area contributed by atoms with Crippen molar-refractivity contribution in [1.82, 2.24) is 10.3 Å². The zero-order valence-corrected chi connectivity index (χ0v) is 11.8. The van der Waals surface area contributed by atoms with Crippen LogP contribution >= 0.6 is 0 Å². The minimum atomic E-state index is -0.404. The highest BCUT2D eigenvalue weighted by Crippen LogP contribution is 2.13. The van der Waals surface area contributed by atoms with E-state index in [1.54, 1.807) is 18.3 Å². The second-order valence-corrected chi connectivity index (χ2v) is 4.54. The molecule has 0 aliphatic rings. The third-order valence-corrected chi connectivity index (χ3v) is 2.96. The van der Waals surface area contributed by atoms with Crippen molar-refractivity contribution in [2.45, 2.75) is 13.0 Å². The smallest absolute Gasteiger partial charge is 0.269 e. The van der Waals surface area contributed by atoms with Crippen molar-refractivity contribution >= 4 is 5.69 Å². The van der Waals surface area contributed by atoms with E-state index in [0.29, 0.717) is 13.0 Å². The Kier molecular flexibility index (Phi) is 5.22. The maximum absolute atomic E-state index is 10.6. The van der Waals surface area contributed by atoms with Crippen LogP contribution in [0.5, 0.6) is 5.75 Å². The van der Waals surface area contributed by atoms with Crippen molar-refractivity contribution in [2.75, 3.05) is 13.7 Å². The molecular formula is C15H17N3O3. The van der Waals surface area contributed by atoms with E-state index in [4.69, 9.17) is 4.74 Å². The summed E-state index contributed by atoms with van der Waals surface area (Å²) in [6.07, 6.45) is 2.39. The molecule has 0 fully saturated rings. The monoisotopic (exact) mass is 287 g/mol. The first kappa shape index (κ1) is 14.9. The number of nitrogens with one attached hydrogen (secondary N) is 1. The first-order valence-electron chi connectivity index (χ1n) is 6.64. The number of aromatic nitrogens is 1. The number of rotatable bonds is 7. The molecule has 0 unspecified atom stereocenters. The molecule has 1 aromatic heterocycles. The van der Waals surface area contributed by atoms with Gasteiger partial charge < -0.3 is 10.1 Å². The lowest BCUT2D eigenvalue weighted by molar-refractivity contribution is -0.384. The molecule has 1 heterocycles. The molecule has 6 nitrogen and oxygen atoms in total. The van der Waals surface area contributed by atoms with Gasteiger partial charge in [0.05, 0.1) is 23.4 Å². The summed E-state index contributed by atoms with van der Waals surface area (Å²) in [6.45, 7) is 1.23. The van der Waals surface area contributed by atoms with Crippen LogP contribution in [0.4, 0.5) is 5.69 Å². The Hall–Kier alpha value is -2.47. The SMILES string of the molecule is CNCc1ccc(OCCc2ccc([N+](=O)[O-])cc2)cn1. The summed E-state index contributed by atoms with van der Waals surface area (Å²) < 4.78 is 5.60. The molecule has 2 aromatic rings. The highest BCUT2D eigenvalue weighted by Gasteiger charge is 2.04. The van der Waals surface area contributed by atoms with Gasteiger partial charge in [-0.25, -0.2) is 0 Å². The van der Waals surface area contributed by atoms with Crippen LogP contribution in [0.3, 0.4) is 0 Å². The van der Waals surface area contributed by atoms with Crippen LogP contribution in [0.15, 0.2) is 42.6 Å². The van der Waals surface area contributed by atoms with E-state index in [2.05, 4.69) is 10.3 Å². The van der Waals surface area contributed by atoms with Gasteiger partial charge in [-0.1, -0.05) is 12.1 Å². The predicted octanol–water partition coefficient (Wildman–Crippen LogP) is 2.33. The van der Waals surface area contributed by atoms with Gasteiger partial charge in [-0.2, -0.15) is 0 Å². The fourth-order valence-electron chi connectivity index (χ4n) is 1.85. The van der Waals surface area contributed by atoms with Gasteiger partial charge in [0.2, 0.25) is 0 Å². The van der Waals surface area contributed by atoms with E-state index in [-0.39, 0.29) is 5.69 Å². The first-order valence-corrected chi connectivity index (χ1v) is 6.64. The summed E-state index contributed by atoms with van der Waals surface area (Å²) in [5.74, 6) is 0.719. The zero-order valence-electron chi connectivity index (χ0n) is 11.8. The standard InChI is InChI=1S/C15H17N3O3/c1-16-10-13-4-7-15(11-17-13)21-9-8-12-2-5-14(6-3-12)18(19)20/h2-7,11,16H,8-10H2,1H3. The Morgan fingerprint density at radius 2 is 2.00 bits per heavy atom. The molecule has 1 aromatic carbocycles. The second-order valence-electron chi connectivity index (χ2n) is 4.54. The summed E-state index contributed by atoms with van der Waals surface area (Å²) in [5.41, 5.74) is 2.06. The summed E-state index contributed by atoms with van der Waals surface area (Å²) in [4.78, 5) is 14.4. The Bertz CT molecular complexity index is 582. The average Bonchev–Trinajstić information content (AvgIpc) is 2.50. The third-order valence-electron chi connectivity index (χ3n) is 2.96. The molecule has 2 rings (SSSR count). The Morgan fingerprint density at radius 3 is 2.57 bits per heavy atom. The fourth-order valence-corrected chi connectivity index (χ4v) is 1.85. The fraction of sp³-hybridized carbons (Fsp3) is 0.267. The molecule has 21 heavy (non-hydrogen) atoms. The van der Waals surface area contributed by atoms with Crippen LogP contribution in [-0.4, -0.2) is 23.6 Å². The molecule has 0 bridgehead atoms. The van der Waals surface area contributed by atoms with E-state index in [1.807, 2.05) is 19.2 Å². The van der Waals surface area contributed by atoms with Gasteiger partial charge in [-0.15, -0.1) is 0 Å². The normalized spacial score (nSPS) is 10.3. The number of nitro groups is 1. The Balaban J connectivity index is 1.82. The van der Waals surface area contributed by atoms with Crippen molar-refractivity contribution in [3.05, 3.63) is 64.0 Å². The molecule has 110 valence electrons. The van der Waals surface area contributed by atoms with Crippen LogP contribution in [0.25, 0.3) is 0 Å². The molecule has 1 N–H and O–H groups in total. The van der Waals surface area contributed by atoms with Crippen LogP contribution in [-0.2, 0) is 13.0 Å². The molecule has 0 radical (unpaired) electrons. The van der Waals surface area contributed by atoms with E-state index in [1.165, 1.54) is 12.1 Å². The minimum Gasteiger partial charge on any atom is -0.492 e. The molecule has 0 aliphatic carbocycles. The summed E-state index contributed by atoms with van der Waals surface area (Å²) >= 11 is 0. The lowest BCUT2D eigenvalue weighted by atomic mass is 10.1. The van der Waals surface area contributed by atoms with E-state index in [9.17, 15) is 10.1 Å². The van der Waals surface area contributed by atoms with Crippen molar-refractivity contribution in [2.24, 2.45) is 0 Å². The Morgan fingerprint density at radius 1 is 1.24 bits per heavy atom. The van der Waals surface area contributed by atoms with Crippen LogP contribution in [0.2, 0.25) is 0 Å². The van der Waals surface area contributed by atoms with Gasteiger partial charge in [0.1, 0.15) is 5.75 Å². The number of pyridine rings is 1. The average molecular weight is 287 g/mol. The number of hydrogen-bond acceptors (Lipinski definition) is 5. The number of ether oxygens (including phenoxy) is 1. The molecule has 0 spiro atoms. The number of nitro benzene ring substituents is 1. The van der Waals surface area contributed by atoms with E-state index < -0.39 is 4.92 Å². The Labute approximate surface area is 122 Å². The molecule has 0 saturated carbocycles. The van der Waals surface area contributed by atoms with Crippen molar-refractivity contribution in [1.29, 1.82) is 0 Å². The van der Waals surface area contributed by atoms with E-state index in [0.717, 1.165) is 23.6 Å². The highest BCUT2D eigenvalue weighted by molar-refractivity contribution is 5.33.